The van der Waals surface area contributed by atoms with Crippen LogP contribution in [0.4, 0.5) is 0 Å². The molecule has 0 aliphatic heterocycles. The summed E-state index contributed by atoms with van der Waals surface area (Å²) in [6.07, 6.45) is 3.99. The first-order valence-corrected chi connectivity index (χ1v) is 13.9. The highest BCUT2D eigenvalue weighted by atomic mass is 35.5. The van der Waals surface area contributed by atoms with Crippen LogP contribution in [0.2, 0.25) is 10.0 Å². The molecule has 0 aliphatic rings. The molecule has 0 amide bonds. The van der Waals surface area contributed by atoms with Crippen molar-refractivity contribution in [2.45, 2.75) is 13.5 Å². The predicted octanol–water partition coefficient (Wildman–Crippen LogP) is 10.1. The maximum absolute atomic E-state index is 6.10. The number of halogens is 2. The van der Waals surface area contributed by atoms with Crippen molar-refractivity contribution < 1.29 is 9.47 Å². The normalized spacial score (nSPS) is 11.1. The Hall–Kier alpha value is -4.31. The minimum Gasteiger partial charge on any atom is -0.489 e. The first kappa shape index (κ1) is 28.2. The lowest BCUT2D eigenvalue weighted by Crippen LogP contribution is -1.99. The fourth-order valence-electron chi connectivity index (χ4n) is 4.30. The van der Waals surface area contributed by atoms with E-state index >= 15 is 0 Å². The molecule has 0 unspecified atom stereocenters. The van der Waals surface area contributed by atoms with Gasteiger partial charge in [-0.15, -0.1) is 0 Å². The Kier molecular flexibility index (Phi) is 8.88. The molecule has 5 aromatic rings. The van der Waals surface area contributed by atoms with Crippen molar-refractivity contribution >= 4 is 45.8 Å². The first-order chi connectivity index (χ1) is 19.8. The molecule has 0 bridgehead atoms. The molecule has 4 aromatic carbocycles. The number of ether oxygens (including phenoxy) is 2. The molecule has 1 aromatic heterocycles. The summed E-state index contributed by atoms with van der Waals surface area (Å²) in [4.78, 5) is 4.65. The standard InChI is InChI=1S/C36H29Cl2NO2/c1-24(4-5-27-6-13-31(37)20-25(27)2)22-40-34-16-9-28(10-17-34)26(3)29-11-18-35(19-12-29)41-23-33-15-8-30-7-14-32(38)21-36(30)39-33/h4-21H,1,3,22-23H2,2H3/b5-4-. The van der Waals surface area contributed by atoms with Crippen molar-refractivity contribution in [2.24, 2.45) is 0 Å². The molecule has 0 spiro atoms. The van der Waals surface area contributed by atoms with Crippen LogP contribution >= 0.6 is 23.2 Å². The number of hydrogen-bond acceptors (Lipinski definition) is 3. The number of aromatic nitrogens is 1. The maximum Gasteiger partial charge on any atom is 0.130 e. The van der Waals surface area contributed by atoms with Gasteiger partial charge in [0, 0.05) is 15.4 Å². The molecule has 0 saturated carbocycles. The van der Waals surface area contributed by atoms with Gasteiger partial charge in [0.2, 0.25) is 0 Å². The average molecular weight is 579 g/mol. The fourth-order valence-corrected chi connectivity index (χ4v) is 4.69. The number of rotatable bonds is 10. The van der Waals surface area contributed by atoms with Gasteiger partial charge in [0.25, 0.3) is 0 Å². The number of benzene rings is 4. The second-order valence-corrected chi connectivity index (χ2v) is 10.6. The number of fused-ring (bicyclic) bond motifs is 1. The topological polar surface area (TPSA) is 31.4 Å². The summed E-state index contributed by atoms with van der Waals surface area (Å²) >= 11 is 12.1. The maximum atomic E-state index is 6.10. The minimum atomic E-state index is 0.368. The van der Waals surface area contributed by atoms with Crippen molar-refractivity contribution in [3.63, 3.8) is 0 Å². The van der Waals surface area contributed by atoms with Gasteiger partial charge in [-0.1, -0.05) is 91.0 Å². The second-order valence-electron chi connectivity index (χ2n) is 9.74. The lowest BCUT2D eigenvalue weighted by atomic mass is 9.99. The molecule has 0 atom stereocenters. The van der Waals surface area contributed by atoms with Crippen molar-refractivity contribution in [1.82, 2.24) is 4.98 Å². The van der Waals surface area contributed by atoms with E-state index in [1.807, 2.05) is 116 Å². The van der Waals surface area contributed by atoms with E-state index < -0.39 is 0 Å². The van der Waals surface area contributed by atoms with Gasteiger partial charge in [-0.25, -0.2) is 4.98 Å². The number of hydrogen-bond donors (Lipinski definition) is 0. The summed E-state index contributed by atoms with van der Waals surface area (Å²) in [6.45, 7) is 11.2. The van der Waals surface area contributed by atoms with Crippen LogP contribution in [0.1, 0.15) is 27.9 Å². The third kappa shape index (κ3) is 7.46. The second kappa shape index (κ2) is 12.9. The number of nitrogens with zero attached hydrogens (tertiary/aromatic N) is 1. The van der Waals surface area contributed by atoms with Gasteiger partial charge in [0.15, 0.2) is 0 Å². The largest absolute Gasteiger partial charge is 0.489 e. The van der Waals surface area contributed by atoms with E-state index in [4.69, 9.17) is 32.7 Å². The molecule has 5 heteroatoms. The SMILES string of the molecule is C=C(/C=C\c1ccc(Cl)cc1C)COc1ccc(C(=C)c2ccc(OCc3ccc4ccc(Cl)cc4n3)cc2)cc1. The molecule has 0 aliphatic carbocycles. The molecule has 0 saturated heterocycles. The van der Waals surface area contributed by atoms with E-state index in [1.54, 1.807) is 0 Å². The van der Waals surface area contributed by atoms with Gasteiger partial charge in [-0.05, 0) is 94.9 Å². The molecule has 5 rings (SSSR count). The van der Waals surface area contributed by atoms with Crippen LogP contribution < -0.4 is 9.47 Å². The highest BCUT2D eigenvalue weighted by Gasteiger charge is 2.06. The van der Waals surface area contributed by atoms with Crippen LogP contribution in [-0.4, -0.2) is 11.6 Å². The Morgan fingerprint density at radius 2 is 1.37 bits per heavy atom. The lowest BCUT2D eigenvalue weighted by Gasteiger charge is -2.11. The van der Waals surface area contributed by atoms with Gasteiger partial charge >= 0.3 is 0 Å². The Labute approximate surface area is 251 Å². The summed E-state index contributed by atoms with van der Waals surface area (Å²) in [5.74, 6) is 1.53. The smallest absolute Gasteiger partial charge is 0.130 e. The van der Waals surface area contributed by atoms with E-state index in [-0.39, 0.29) is 0 Å². The van der Waals surface area contributed by atoms with Crippen LogP contribution in [0.5, 0.6) is 11.5 Å². The zero-order valence-corrected chi connectivity index (χ0v) is 24.3. The van der Waals surface area contributed by atoms with Crippen molar-refractivity contribution in [3.05, 3.63) is 160 Å². The molecule has 41 heavy (non-hydrogen) atoms. The third-order valence-corrected chi connectivity index (χ3v) is 7.13. The molecule has 0 radical (unpaired) electrons. The van der Waals surface area contributed by atoms with Crippen LogP contribution in [0.15, 0.2) is 122 Å². The number of aryl methyl sites for hydroxylation is 1. The zero-order valence-electron chi connectivity index (χ0n) is 22.7. The molecule has 1 heterocycles. The summed E-state index contributed by atoms with van der Waals surface area (Å²) in [7, 11) is 0. The summed E-state index contributed by atoms with van der Waals surface area (Å²) < 4.78 is 11.9. The Balaban J connectivity index is 1.13. The van der Waals surface area contributed by atoms with E-state index in [1.165, 1.54) is 0 Å². The van der Waals surface area contributed by atoms with E-state index in [0.717, 1.165) is 66.5 Å². The minimum absolute atomic E-state index is 0.368. The van der Waals surface area contributed by atoms with Crippen LogP contribution in [0.25, 0.3) is 22.6 Å². The summed E-state index contributed by atoms with van der Waals surface area (Å²) in [5.41, 5.74) is 7.73. The third-order valence-electron chi connectivity index (χ3n) is 6.66. The highest BCUT2D eigenvalue weighted by Crippen LogP contribution is 2.26. The molecule has 3 nitrogen and oxygen atoms in total. The summed E-state index contributed by atoms with van der Waals surface area (Å²) in [6, 6.07) is 31.3. The Morgan fingerprint density at radius 3 is 2.05 bits per heavy atom. The van der Waals surface area contributed by atoms with Crippen LogP contribution in [0.3, 0.4) is 0 Å². The lowest BCUT2D eigenvalue weighted by molar-refractivity contribution is 0.302. The fraction of sp³-hybridized carbons (Fsp3) is 0.0833. The van der Waals surface area contributed by atoms with Gasteiger partial charge in [-0.2, -0.15) is 0 Å². The van der Waals surface area contributed by atoms with Crippen molar-refractivity contribution in [3.8, 4) is 11.5 Å². The highest BCUT2D eigenvalue weighted by molar-refractivity contribution is 6.31. The zero-order chi connectivity index (χ0) is 28.8. The molecular weight excluding hydrogens is 549 g/mol. The number of pyridine rings is 1. The van der Waals surface area contributed by atoms with Gasteiger partial charge in [-0.3, -0.25) is 0 Å². The quantitative estimate of drug-likeness (QED) is 0.155. The first-order valence-electron chi connectivity index (χ1n) is 13.2. The molecule has 0 N–H and O–H groups in total. The average Bonchev–Trinajstić information content (AvgIpc) is 2.98. The van der Waals surface area contributed by atoms with Crippen molar-refractivity contribution in [2.75, 3.05) is 6.61 Å². The van der Waals surface area contributed by atoms with E-state index in [9.17, 15) is 0 Å². The van der Waals surface area contributed by atoms with Crippen molar-refractivity contribution in [1.29, 1.82) is 0 Å². The molecule has 0 fully saturated rings. The molecular formula is C36H29Cl2NO2. The Morgan fingerprint density at radius 1 is 0.756 bits per heavy atom. The van der Waals surface area contributed by atoms with Crippen LogP contribution in [0, 0.1) is 6.92 Å². The Bertz CT molecular complexity index is 1740. The van der Waals surface area contributed by atoms with Gasteiger partial charge < -0.3 is 9.47 Å². The van der Waals surface area contributed by atoms with Gasteiger partial charge in [0.05, 0.1) is 11.2 Å². The van der Waals surface area contributed by atoms with Gasteiger partial charge in [0.1, 0.15) is 24.7 Å². The van der Waals surface area contributed by atoms with Crippen LogP contribution in [-0.2, 0) is 6.61 Å². The summed E-state index contributed by atoms with van der Waals surface area (Å²) in [5, 5.41) is 2.44. The van der Waals surface area contributed by atoms with E-state index in [0.29, 0.717) is 18.2 Å². The monoisotopic (exact) mass is 577 g/mol. The van der Waals surface area contributed by atoms with E-state index in [2.05, 4.69) is 18.1 Å². The molecule has 204 valence electrons. The predicted molar refractivity (Wildman–Crippen MR) is 172 cm³/mol.